The number of hydrogen-bond acceptors (Lipinski definition) is 3. The molecule has 0 saturated heterocycles. The topological polar surface area (TPSA) is 42.0 Å². The number of rotatable bonds is 3. The first-order chi connectivity index (χ1) is 8.63. The number of pyridine rings is 1. The van der Waals surface area contributed by atoms with Crippen LogP contribution in [0.25, 0.3) is 0 Å². The number of nitrogens with zero attached hydrogens (tertiary/aromatic N) is 1. The Labute approximate surface area is 115 Å². The molecule has 0 radical (unpaired) electrons. The summed E-state index contributed by atoms with van der Waals surface area (Å²) in [6.07, 6.45) is 0. The number of hydrogen-bond donors (Lipinski definition) is 1. The molecule has 18 heavy (non-hydrogen) atoms. The molecule has 2 aromatic rings. The fourth-order valence-corrected chi connectivity index (χ4v) is 2.39. The number of anilines is 1. The van der Waals surface area contributed by atoms with Gasteiger partial charge in [0.2, 0.25) is 5.91 Å². The minimum Gasteiger partial charge on any atom is -0.326 e. The highest BCUT2D eigenvalue weighted by atomic mass is 35.5. The van der Waals surface area contributed by atoms with E-state index in [2.05, 4.69) is 10.3 Å². The van der Waals surface area contributed by atoms with E-state index in [4.69, 9.17) is 11.6 Å². The Morgan fingerprint density at radius 1 is 1.22 bits per heavy atom. The Hall–Kier alpha value is -1.52. The molecule has 5 heteroatoms. The van der Waals surface area contributed by atoms with E-state index >= 15 is 0 Å². The standard InChI is InChI=1S/C13H11ClN2OS/c1-9(17)15-10-5-7-11(8-6-10)18-13-4-2-3-12(14)16-13/h2-8H,1H3,(H,15,17). The lowest BCUT2D eigenvalue weighted by Crippen LogP contribution is -2.05. The highest BCUT2D eigenvalue weighted by molar-refractivity contribution is 7.99. The predicted molar refractivity (Wildman–Crippen MR) is 74.1 cm³/mol. The minimum absolute atomic E-state index is 0.0769. The Kier molecular flexibility index (Phi) is 4.23. The maximum absolute atomic E-state index is 10.9. The smallest absolute Gasteiger partial charge is 0.221 e. The van der Waals surface area contributed by atoms with Crippen LogP contribution in [-0.2, 0) is 4.79 Å². The van der Waals surface area contributed by atoms with Crippen LogP contribution in [0.4, 0.5) is 5.69 Å². The zero-order chi connectivity index (χ0) is 13.0. The lowest BCUT2D eigenvalue weighted by molar-refractivity contribution is -0.114. The number of aromatic nitrogens is 1. The van der Waals surface area contributed by atoms with Gasteiger partial charge in [0.15, 0.2) is 0 Å². The highest BCUT2D eigenvalue weighted by Gasteiger charge is 2.00. The van der Waals surface area contributed by atoms with Gasteiger partial charge in [0, 0.05) is 17.5 Å². The Balaban J connectivity index is 2.08. The number of carbonyl (C=O) groups excluding carboxylic acids is 1. The van der Waals surface area contributed by atoms with Crippen LogP contribution in [0, 0.1) is 0 Å². The quantitative estimate of drug-likeness (QED) is 0.867. The van der Waals surface area contributed by atoms with Crippen molar-refractivity contribution >= 4 is 35.0 Å². The van der Waals surface area contributed by atoms with Gasteiger partial charge in [-0.2, -0.15) is 0 Å². The van der Waals surface area contributed by atoms with E-state index in [0.29, 0.717) is 5.15 Å². The van der Waals surface area contributed by atoms with Gasteiger partial charge < -0.3 is 5.32 Å². The van der Waals surface area contributed by atoms with E-state index < -0.39 is 0 Å². The van der Waals surface area contributed by atoms with Gasteiger partial charge in [-0.3, -0.25) is 4.79 Å². The molecule has 92 valence electrons. The van der Waals surface area contributed by atoms with Gasteiger partial charge in [0.1, 0.15) is 10.2 Å². The number of halogens is 1. The normalized spacial score (nSPS) is 10.1. The fraction of sp³-hybridized carbons (Fsp3) is 0.0769. The highest BCUT2D eigenvalue weighted by Crippen LogP contribution is 2.27. The molecule has 0 aliphatic carbocycles. The molecule has 0 aliphatic rings. The molecule has 0 unspecified atom stereocenters. The first kappa shape index (κ1) is 12.9. The van der Waals surface area contributed by atoms with Crippen LogP contribution >= 0.6 is 23.4 Å². The average molecular weight is 279 g/mol. The van der Waals surface area contributed by atoms with Crippen molar-refractivity contribution in [2.75, 3.05) is 5.32 Å². The van der Waals surface area contributed by atoms with Crippen molar-refractivity contribution in [1.29, 1.82) is 0 Å². The SMILES string of the molecule is CC(=O)Nc1ccc(Sc2cccc(Cl)n2)cc1. The molecule has 0 fully saturated rings. The third-order valence-electron chi connectivity index (χ3n) is 2.09. The molecular formula is C13H11ClN2OS. The van der Waals surface area contributed by atoms with Crippen molar-refractivity contribution < 1.29 is 4.79 Å². The van der Waals surface area contributed by atoms with Gasteiger partial charge >= 0.3 is 0 Å². The molecule has 0 bridgehead atoms. The van der Waals surface area contributed by atoms with Gasteiger partial charge in [-0.25, -0.2) is 4.98 Å². The second-order valence-corrected chi connectivity index (χ2v) is 5.09. The minimum atomic E-state index is -0.0769. The van der Waals surface area contributed by atoms with Gasteiger partial charge in [0.25, 0.3) is 0 Å². The molecule has 1 aromatic carbocycles. The molecule has 3 nitrogen and oxygen atoms in total. The Bertz CT molecular complexity index is 557. The zero-order valence-electron chi connectivity index (χ0n) is 9.68. The van der Waals surface area contributed by atoms with Crippen LogP contribution < -0.4 is 5.32 Å². The maximum atomic E-state index is 10.9. The van der Waals surface area contributed by atoms with E-state index in [0.717, 1.165) is 15.6 Å². The second kappa shape index (κ2) is 5.89. The molecule has 0 atom stereocenters. The summed E-state index contributed by atoms with van der Waals surface area (Å²) in [7, 11) is 0. The third kappa shape index (κ3) is 3.75. The van der Waals surface area contributed by atoms with Crippen molar-refractivity contribution in [2.45, 2.75) is 16.8 Å². The molecule has 0 aliphatic heterocycles. The molecule has 0 spiro atoms. The fourth-order valence-electron chi connectivity index (χ4n) is 1.38. The van der Waals surface area contributed by atoms with Gasteiger partial charge in [-0.15, -0.1) is 0 Å². The van der Waals surface area contributed by atoms with E-state index in [1.54, 1.807) is 6.07 Å². The summed E-state index contributed by atoms with van der Waals surface area (Å²) in [5.41, 5.74) is 0.783. The lowest BCUT2D eigenvalue weighted by atomic mass is 10.3. The van der Waals surface area contributed by atoms with Crippen LogP contribution in [0.15, 0.2) is 52.4 Å². The van der Waals surface area contributed by atoms with Crippen molar-refractivity contribution in [2.24, 2.45) is 0 Å². The van der Waals surface area contributed by atoms with Crippen molar-refractivity contribution in [3.63, 3.8) is 0 Å². The summed E-state index contributed by atoms with van der Waals surface area (Å²) < 4.78 is 0. The molecule has 2 rings (SSSR count). The zero-order valence-corrected chi connectivity index (χ0v) is 11.3. The predicted octanol–water partition coefficient (Wildman–Crippen LogP) is 3.84. The maximum Gasteiger partial charge on any atom is 0.221 e. The average Bonchev–Trinajstić information content (AvgIpc) is 2.31. The summed E-state index contributed by atoms with van der Waals surface area (Å²) >= 11 is 7.34. The third-order valence-corrected chi connectivity index (χ3v) is 3.24. The molecule has 1 N–H and O–H groups in total. The van der Waals surface area contributed by atoms with Crippen LogP contribution in [0.5, 0.6) is 0 Å². The summed E-state index contributed by atoms with van der Waals surface area (Å²) in [4.78, 5) is 16.1. The van der Waals surface area contributed by atoms with Gasteiger partial charge in [-0.1, -0.05) is 29.4 Å². The Morgan fingerprint density at radius 2 is 1.94 bits per heavy atom. The molecular weight excluding hydrogens is 268 g/mol. The largest absolute Gasteiger partial charge is 0.326 e. The number of benzene rings is 1. The monoisotopic (exact) mass is 278 g/mol. The second-order valence-electron chi connectivity index (χ2n) is 3.61. The molecule has 0 saturated carbocycles. The number of carbonyl (C=O) groups is 1. The summed E-state index contributed by atoms with van der Waals surface area (Å²) in [5.74, 6) is -0.0769. The van der Waals surface area contributed by atoms with E-state index in [9.17, 15) is 4.79 Å². The van der Waals surface area contributed by atoms with Gasteiger partial charge in [0.05, 0.1) is 0 Å². The van der Waals surface area contributed by atoms with Crippen molar-refractivity contribution in [3.05, 3.63) is 47.6 Å². The Morgan fingerprint density at radius 3 is 2.56 bits per heavy atom. The summed E-state index contributed by atoms with van der Waals surface area (Å²) in [5, 5.41) is 4.04. The van der Waals surface area contributed by atoms with Gasteiger partial charge in [-0.05, 0) is 36.4 Å². The van der Waals surface area contributed by atoms with E-state index in [-0.39, 0.29) is 5.91 Å². The van der Waals surface area contributed by atoms with Crippen LogP contribution in [0.2, 0.25) is 5.15 Å². The van der Waals surface area contributed by atoms with Crippen LogP contribution in [-0.4, -0.2) is 10.9 Å². The van der Waals surface area contributed by atoms with Crippen molar-refractivity contribution in [1.82, 2.24) is 4.98 Å². The van der Waals surface area contributed by atoms with E-state index in [1.807, 2.05) is 36.4 Å². The summed E-state index contributed by atoms with van der Waals surface area (Å²) in [6.45, 7) is 1.48. The van der Waals surface area contributed by atoms with Crippen LogP contribution in [0.3, 0.4) is 0 Å². The summed E-state index contributed by atoms with van der Waals surface area (Å²) in [6, 6.07) is 13.1. The van der Waals surface area contributed by atoms with Crippen LogP contribution in [0.1, 0.15) is 6.92 Å². The molecule has 1 amide bonds. The van der Waals surface area contributed by atoms with E-state index in [1.165, 1.54) is 18.7 Å². The van der Waals surface area contributed by atoms with Crippen molar-refractivity contribution in [3.8, 4) is 0 Å². The molecule has 1 heterocycles. The lowest BCUT2D eigenvalue weighted by Gasteiger charge is -2.04. The molecule has 1 aromatic heterocycles. The number of nitrogens with one attached hydrogen (secondary N) is 1. The first-order valence-corrected chi connectivity index (χ1v) is 6.51. The number of amides is 1. The first-order valence-electron chi connectivity index (χ1n) is 5.31.